The third-order valence-electron chi connectivity index (χ3n) is 2.54. The van der Waals surface area contributed by atoms with Crippen molar-refractivity contribution < 1.29 is 33.5 Å². The summed E-state index contributed by atoms with van der Waals surface area (Å²) in [5.41, 5.74) is 0. The Morgan fingerprint density at radius 3 is 1.78 bits per heavy atom. The van der Waals surface area contributed by atoms with Gasteiger partial charge in [-0.25, -0.2) is 0 Å². The van der Waals surface area contributed by atoms with E-state index >= 15 is 0 Å². The molecule has 0 bridgehead atoms. The predicted octanol–water partition coefficient (Wildman–Crippen LogP) is 0.964. The fourth-order valence-electron chi connectivity index (χ4n) is 1.42. The fourth-order valence-corrected chi connectivity index (χ4v) is 1.42. The molecule has 0 saturated carbocycles. The summed E-state index contributed by atoms with van der Waals surface area (Å²) in [4.78, 5) is 0. The van der Waals surface area contributed by atoms with Crippen LogP contribution in [0.2, 0.25) is 0 Å². The molecule has 0 amide bonds. The molecular formula is C14H29IMgO2. The molecule has 0 spiro atoms. The molecule has 2 nitrogen and oxygen atoms in total. The van der Waals surface area contributed by atoms with Crippen LogP contribution in [-0.4, -0.2) is 42.6 Å². The van der Waals surface area contributed by atoms with Crippen molar-refractivity contribution in [3.05, 3.63) is 6.92 Å². The van der Waals surface area contributed by atoms with Gasteiger partial charge in [-0.3, -0.25) is 0 Å². The Bertz CT molecular complexity index is 113. The summed E-state index contributed by atoms with van der Waals surface area (Å²) in [6, 6.07) is 0. The second kappa shape index (κ2) is 20.7. The minimum absolute atomic E-state index is 0. The maximum atomic E-state index is 5.73. The number of halogens is 1. The van der Waals surface area contributed by atoms with E-state index < -0.39 is 0 Å². The molecule has 0 aliphatic rings. The minimum Gasteiger partial charge on any atom is -1.00 e. The van der Waals surface area contributed by atoms with Crippen LogP contribution in [0.4, 0.5) is 0 Å². The molecule has 0 radical (unpaired) electrons. The van der Waals surface area contributed by atoms with Crippen LogP contribution >= 0.6 is 0 Å². The zero-order valence-corrected chi connectivity index (χ0v) is 15.8. The molecule has 0 saturated heterocycles. The fraction of sp³-hybridized carbons (Fsp3) is 0.929. The van der Waals surface area contributed by atoms with E-state index in [4.69, 9.17) is 9.47 Å². The van der Waals surface area contributed by atoms with Gasteiger partial charge in [-0.2, -0.15) is 6.42 Å². The summed E-state index contributed by atoms with van der Waals surface area (Å²) in [7, 11) is 0. The second-order valence-electron chi connectivity index (χ2n) is 4.23. The molecule has 0 aromatic heterocycles. The largest absolute Gasteiger partial charge is 2.00 e. The number of ether oxygens (including phenoxy) is 2. The van der Waals surface area contributed by atoms with Crippen molar-refractivity contribution in [3.63, 3.8) is 0 Å². The molecule has 4 heteroatoms. The van der Waals surface area contributed by atoms with Crippen molar-refractivity contribution in [2.45, 2.75) is 71.5 Å². The molecule has 18 heavy (non-hydrogen) atoms. The maximum absolute atomic E-state index is 5.73. The van der Waals surface area contributed by atoms with Crippen LogP contribution in [0.25, 0.3) is 0 Å². The zero-order chi connectivity index (χ0) is 12.1. The zero-order valence-electron chi connectivity index (χ0n) is 12.3. The molecule has 0 aromatic carbocycles. The molecule has 0 atom stereocenters. The Morgan fingerprint density at radius 2 is 1.39 bits per heavy atom. The number of rotatable bonds is 12. The maximum Gasteiger partial charge on any atom is 2.00 e. The monoisotopic (exact) mass is 380 g/mol. The minimum atomic E-state index is 0. The summed E-state index contributed by atoms with van der Waals surface area (Å²) >= 11 is 0. The van der Waals surface area contributed by atoms with E-state index in [1.807, 2.05) is 0 Å². The van der Waals surface area contributed by atoms with Gasteiger partial charge in [0.25, 0.3) is 0 Å². The normalized spacial score (nSPS) is 10.0. The Kier molecular flexibility index (Phi) is 28.1. The van der Waals surface area contributed by atoms with Gasteiger partial charge in [-0.1, -0.05) is 39.5 Å². The van der Waals surface area contributed by atoms with Crippen LogP contribution in [0.1, 0.15) is 65.2 Å². The smallest absolute Gasteiger partial charge is 1.00 e. The molecular weight excluding hydrogens is 351 g/mol. The average Bonchev–Trinajstić information content (AvgIpc) is 2.29. The summed E-state index contributed by atoms with van der Waals surface area (Å²) in [5, 5.41) is 0. The van der Waals surface area contributed by atoms with Crippen LogP contribution in [0.3, 0.4) is 0 Å². The van der Waals surface area contributed by atoms with Gasteiger partial charge in [-0.05, 0) is 19.3 Å². The first-order chi connectivity index (χ1) is 7.85. The van der Waals surface area contributed by atoms with E-state index in [2.05, 4.69) is 20.8 Å². The van der Waals surface area contributed by atoms with Crippen molar-refractivity contribution in [1.82, 2.24) is 0 Å². The van der Waals surface area contributed by atoms with Crippen molar-refractivity contribution in [2.75, 3.05) is 13.2 Å². The van der Waals surface area contributed by atoms with Gasteiger partial charge < -0.3 is 40.4 Å². The van der Waals surface area contributed by atoms with Crippen LogP contribution in [0.5, 0.6) is 0 Å². The summed E-state index contributed by atoms with van der Waals surface area (Å²) < 4.78 is 11.5. The molecule has 0 aromatic rings. The van der Waals surface area contributed by atoms with Crippen molar-refractivity contribution >= 4 is 23.1 Å². The average molecular weight is 381 g/mol. The Labute approximate surface area is 147 Å². The first-order valence-electron chi connectivity index (χ1n) is 6.87. The molecule has 0 aliphatic heterocycles. The second-order valence-corrected chi connectivity index (χ2v) is 4.23. The molecule has 0 heterocycles. The predicted molar refractivity (Wildman–Crippen MR) is 75.1 cm³/mol. The molecule has 0 aliphatic carbocycles. The molecule has 0 unspecified atom stereocenters. The SMILES string of the molecule is [CH2-]CCCCC(OCCCC)OCCCC.[I-].[Mg+2]. The van der Waals surface area contributed by atoms with Crippen LogP contribution in [0.15, 0.2) is 0 Å². The standard InChI is InChI=1S/C14H29O2.HI.Mg/c1-4-7-10-11-14(15-12-8-5-2)16-13-9-6-3;;/h14H,1,4-13H2,2-3H3;1H;/q-1;;+2/p-1. The van der Waals surface area contributed by atoms with Crippen LogP contribution < -0.4 is 24.0 Å². The topological polar surface area (TPSA) is 18.5 Å². The van der Waals surface area contributed by atoms with Crippen LogP contribution in [0, 0.1) is 6.92 Å². The summed E-state index contributed by atoms with van der Waals surface area (Å²) in [6.45, 7) is 9.87. The quantitative estimate of drug-likeness (QED) is 0.165. The van der Waals surface area contributed by atoms with E-state index in [0.717, 1.165) is 45.3 Å². The Hall–Kier alpha value is 1.42. The third-order valence-corrected chi connectivity index (χ3v) is 2.54. The molecule has 0 rings (SSSR count). The number of hydrogen-bond acceptors (Lipinski definition) is 2. The van der Waals surface area contributed by atoms with Gasteiger partial charge in [0.1, 0.15) is 0 Å². The van der Waals surface area contributed by atoms with E-state index in [1.165, 1.54) is 19.3 Å². The Morgan fingerprint density at radius 1 is 0.889 bits per heavy atom. The van der Waals surface area contributed by atoms with Gasteiger partial charge >= 0.3 is 23.1 Å². The van der Waals surface area contributed by atoms with E-state index in [1.54, 1.807) is 0 Å². The van der Waals surface area contributed by atoms with E-state index in [-0.39, 0.29) is 53.3 Å². The number of hydrogen-bond donors (Lipinski definition) is 0. The van der Waals surface area contributed by atoms with Gasteiger partial charge in [0.15, 0.2) is 6.29 Å². The van der Waals surface area contributed by atoms with Gasteiger partial charge in [0, 0.05) is 13.2 Å². The van der Waals surface area contributed by atoms with E-state index in [0.29, 0.717) is 0 Å². The van der Waals surface area contributed by atoms with Crippen molar-refractivity contribution in [1.29, 1.82) is 0 Å². The first kappa shape index (κ1) is 24.4. The molecule has 0 N–H and O–H groups in total. The Balaban J connectivity index is -0.00000112. The van der Waals surface area contributed by atoms with Gasteiger partial charge in [0.05, 0.1) is 0 Å². The van der Waals surface area contributed by atoms with Crippen LogP contribution in [-0.2, 0) is 9.47 Å². The van der Waals surface area contributed by atoms with E-state index in [9.17, 15) is 0 Å². The summed E-state index contributed by atoms with van der Waals surface area (Å²) in [5.74, 6) is 0. The van der Waals surface area contributed by atoms with Crippen molar-refractivity contribution in [2.24, 2.45) is 0 Å². The molecule has 106 valence electrons. The summed E-state index contributed by atoms with van der Waals surface area (Å²) in [6.07, 6.45) is 8.99. The van der Waals surface area contributed by atoms with Crippen molar-refractivity contribution in [3.8, 4) is 0 Å². The number of unbranched alkanes of at least 4 members (excludes halogenated alkanes) is 4. The first-order valence-corrected chi connectivity index (χ1v) is 6.87. The molecule has 0 fully saturated rings. The van der Waals surface area contributed by atoms with Gasteiger partial charge in [0.2, 0.25) is 0 Å². The third kappa shape index (κ3) is 17.4. The van der Waals surface area contributed by atoms with Gasteiger partial charge in [-0.15, -0.1) is 0 Å².